The maximum absolute atomic E-state index is 14.9. The Morgan fingerprint density at radius 3 is 2.33 bits per heavy atom. The molecule has 0 saturated heterocycles. The fraction of sp³-hybridized carbons (Fsp3) is 0.692. The second kappa shape index (κ2) is 6.87. The standard InChI is InChI=1S/C13H15F6N3O4S/c1-12(2)4-7(21-26-12)27(23,24)10(16)8-9(13(17,18)19)20-22(3)11(8)25-5-6(14)15/h6,10H,4-5H2,1-3H3. The average molecular weight is 423 g/mol. The molecule has 27 heavy (non-hydrogen) atoms. The van der Waals surface area contributed by atoms with E-state index in [4.69, 9.17) is 4.84 Å². The molecule has 2 heterocycles. The van der Waals surface area contributed by atoms with E-state index in [9.17, 15) is 34.8 Å². The Bertz CT molecular complexity index is 847. The molecule has 0 aromatic carbocycles. The lowest BCUT2D eigenvalue weighted by Gasteiger charge is -2.15. The van der Waals surface area contributed by atoms with Gasteiger partial charge in [-0.15, -0.1) is 0 Å². The Morgan fingerprint density at radius 1 is 1.30 bits per heavy atom. The molecule has 0 spiro atoms. The predicted octanol–water partition coefficient (Wildman–Crippen LogP) is 2.98. The largest absolute Gasteiger partial charge is 0.471 e. The first-order chi connectivity index (χ1) is 12.2. The molecule has 1 aromatic rings. The first kappa shape index (κ1) is 21.3. The SMILES string of the molecule is Cn1nc(C(F)(F)F)c(C(F)S(=O)(=O)C2=NOC(C)(C)C2)c1OCC(F)F. The van der Waals surface area contributed by atoms with Crippen LogP contribution in [0.25, 0.3) is 0 Å². The van der Waals surface area contributed by atoms with E-state index in [-0.39, 0.29) is 6.42 Å². The molecule has 0 fully saturated rings. The van der Waals surface area contributed by atoms with E-state index >= 15 is 0 Å². The summed E-state index contributed by atoms with van der Waals surface area (Å²) < 4.78 is 109. The second-order valence-electron chi connectivity index (χ2n) is 6.26. The molecule has 1 aliphatic rings. The molecular formula is C13H15F6N3O4S. The number of alkyl halides is 6. The Hall–Kier alpha value is -1.99. The number of hydrogen-bond acceptors (Lipinski definition) is 6. The lowest BCUT2D eigenvalue weighted by atomic mass is 10.1. The minimum atomic E-state index is -5.26. The van der Waals surface area contributed by atoms with Gasteiger partial charge in [-0.25, -0.2) is 26.3 Å². The van der Waals surface area contributed by atoms with Gasteiger partial charge in [0.2, 0.25) is 21.2 Å². The average Bonchev–Trinajstić information content (AvgIpc) is 3.04. The molecule has 0 bridgehead atoms. The maximum atomic E-state index is 14.9. The van der Waals surface area contributed by atoms with Gasteiger partial charge in [0.1, 0.15) is 5.60 Å². The number of sulfone groups is 1. The molecule has 1 unspecified atom stereocenters. The van der Waals surface area contributed by atoms with Crippen molar-refractivity contribution in [2.45, 2.75) is 44.0 Å². The molecule has 1 atom stereocenters. The van der Waals surface area contributed by atoms with E-state index in [2.05, 4.69) is 15.0 Å². The topological polar surface area (TPSA) is 82.8 Å². The summed E-state index contributed by atoms with van der Waals surface area (Å²) >= 11 is 0. The lowest BCUT2D eigenvalue weighted by molar-refractivity contribution is -0.142. The number of rotatable bonds is 5. The fourth-order valence-corrected chi connectivity index (χ4v) is 3.73. The molecule has 0 saturated carbocycles. The smallest absolute Gasteiger partial charge is 0.435 e. The van der Waals surface area contributed by atoms with Crippen LogP contribution in [0.15, 0.2) is 5.16 Å². The number of ether oxygens (including phenoxy) is 1. The first-order valence-electron chi connectivity index (χ1n) is 7.35. The Labute approximate surface area is 149 Å². The summed E-state index contributed by atoms with van der Waals surface area (Å²) in [6, 6.07) is 0. The third kappa shape index (κ3) is 4.30. The van der Waals surface area contributed by atoms with Crippen molar-refractivity contribution < 1.29 is 44.3 Å². The van der Waals surface area contributed by atoms with Gasteiger partial charge in [0.25, 0.3) is 6.43 Å². The number of oxime groups is 1. The van der Waals surface area contributed by atoms with Gasteiger partial charge in [-0.3, -0.25) is 0 Å². The monoisotopic (exact) mass is 423 g/mol. The second-order valence-corrected chi connectivity index (χ2v) is 8.24. The van der Waals surface area contributed by atoms with E-state index in [1.165, 1.54) is 13.8 Å². The molecule has 2 rings (SSSR count). The summed E-state index contributed by atoms with van der Waals surface area (Å²) in [4.78, 5) is 4.81. The molecule has 0 aliphatic carbocycles. The van der Waals surface area contributed by atoms with E-state index in [1.807, 2.05) is 0 Å². The maximum Gasteiger partial charge on any atom is 0.435 e. The molecule has 0 N–H and O–H groups in total. The number of aromatic nitrogens is 2. The predicted molar refractivity (Wildman–Crippen MR) is 79.7 cm³/mol. The lowest BCUT2D eigenvalue weighted by Crippen LogP contribution is -2.26. The summed E-state index contributed by atoms with van der Waals surface area (Å²) in [6.07, 6.45) is -8.73. The highest BCUT2D eigenvalue weighted by atomic mass is 32.2. The van der Waals surface area contributed by atoms with Gasteiger partial charge in [0.05, 0.1) is 5.56 Å². The van der Waals surface area contributed by atoms with Crippen molar-refractivity contribution in [3.8, 4) is 5.88 Å². The highest BCUT2D eigenvalue weighted by molar-refractivity contribution is 8.06. The van der Waals surface area contributed by atoms with Crippen LogP contribution in [-0.4, -0.2) is 41.9 Å². The van der Waals surface area contributed by atoms with Crippen LogP contribution in [0, 0.1) is 0 Å². The van der Waals surface area contributed by atoms with Gasteiger partial charge in [-0.05, 0) is 13.8 Å². The zero-order valence-corrected chi connectivity index (χ0v) is 15.0. The number of aryl methyl sites for hydroxylation is 1. The summed E-state index contributed by atoms with van der Waals surface area (Å²) in [7, 11) is -4.18. The third-order valence-corrected chi connectivity index (χ3v) is 5.10. The van der Waals surface area contributed by atoms with Gasteiger partial charge in [-0.2, -0.15) is 18.3 Å². The summed E-state index contributed by atoms with van der Waals surface area (Å²) in [5, 5.41) is 5.42. The highest BCUT2D eigenvalue weighted by Crippen LogP contribution is 2.43. The quantitative estimate of drug-likeness (QED) is 0.680. The minimum Gasteiger partial charge on any atom is -0.471 e. The van der Waals surface area contributed by atoms with E-state index in [0.717, 1.165) is 7.05 Å². The van der Waals surface area contributed by atoms with Crippen molar-refractivity contribution in [2.75, 3.05) is 6.61 Å². The van der Waals surface area contributed by atoms with Crippen molar-refractivity contribution in [2.24, 2.45) is 12.2 Å². The van der Waals surface area contributed by atoms with Crippen LogP contribution in [0.5, 0.6) is 5.88 Å². The Balaban J connectivity index is 2.54. The van der Waals surface area contributed by atoms with Crippen LogP contribution in [0.2, 0.25) is 0 Å². The number of nitrogens with zero attached hydrogens (tertiary/aromatic N) is 3. The van der Waals surface area contributed by atoms with E-state index in [0.29, 0.717) is 4.68 Å². The summed E-state index contributed by atoms with van der Waals surface area (Å²) in [6.45, 7) is 1.50. The zero-order chi connectivity index (χ0) is 20.8. The summed E-state index contributed by atoms with van der Waals surface area (Å²) in [5.74, 6) is -1.07. The Kier molecular flexibility index (Phi) is 5.42. The molecular weight excluding hydrogens is 408 g/mol. The van der Waals surface area contributed by atoms with Crippen molar-refractivity contribution in [3.05, 3.63) is 11.3 Å². The van der Waals surface area contributed by atoms with Gasteiger partial charge in [0.15, 0.2) is 17.3 Å². The van der Waals surface area contributed by atoms with E-state index in [1.54, 1.807) is 0 Å². The molecule has 0 radical (unpaired) electrons. The number of halogens is 6. The van der Waals surface area contributed by atoms with Crippen LogP contribution in [0.3, 0.4) is 0 Å². The van der Waals surface area contributed by atoms with Crippen LogP contribution < -0.4 is 4.74 Å². The highest BCUT2D eigenvalue weighted by Gasteiger charge is 2.49. The van der Waals surface area contributed by atoms with Crippen LogP contribution in [-0.2, 0) is 27.9 Å². The zero-order valence-electron chi connectivity index (χ0n) is 14.2. The van der Waals surface area contributed by atoms with Crippen LogP contribution >= 0.6 is 0 Å². The van der Waals surface area contributed by atoms with Gasteiger partial charge < -0.3 is 9.57 Å². The van der Waals surface area contributed by atoms with Gasteiger partial charge in [0, 0.05) is 13.5 Å². The minimum absolute atomic E-state index is 0.347. The normalized spacial score (nSPS) is 18.4. The van der Waals surface area contributed by atoms with Crippen LogP contribution in [0.4, 0.5) is 26.3 Å². The van der Waals surface area contributed by atoms with Gasteiger partial charge in [-0.1, -0.05) is 5.16 Å². The molecule has 14 heteroatoms. The summed E-state index contributed by atoms with van der Waals surface area (Å²) in [5.41, 5.74) is -7.81. The Morgan fingerprint density at radius 2 is 1.89 bits per heavy atom. The van der Waals surface area contributed by atoms with Crippen molar-refractivity contribution in [3.63, 3.8) is 0 Å². The first-order valence-corrected chi connectivity index (χ1v) is 8.89. The molecule has 0 amide bonds. The van der Waals surface area contributed by atoms with E-state index < -0.39 is 62.3 Å². The molecule has 1 aliphatic heterocycles. The van der Waals surface area contributed by atoms with Gasteiger partial charge >= 0.3 is 6.18 Å². The molecule has 1 aromatic heterocycles. The van der Waals surface area contributed by atoms with Crippen molar-refractivity contribution in [1.29, 1.82) is 0 Å². The van der Waals surface area contributed by atoms with Crippen molar-refractivity contribution in [1.82, 2.24) is 9.78 Å². The van der Waals surface area contributed by atoms with Crippen LogP contribution in [0.1, 0.15) is 37.0 Å². The molecule has 7 nitrogen and oxygen atoms in total. The third-order valence-electron chi connectivity index (χ3n) is 3.44. The molecule has 154 valence electrons. The fourth-order valence-electron chi connectivity index (χ4n) is 2.28. The number of hydrogen-bond donors (Lipinski definition) is 0. The van der Waals surface area contributed by atoms with Crippen molar-refractivity contribution >= 4 is 14.9 Å².